The monoisotopic (exact) mass is 327 g/mol. The molecule has 0 aliphatic heterocycles. The molecule has 1 atom stereocenters. The Hall–Kier alpha value is -2.60. The number of para-hydroxylation sites is 1. The molecule has 0 aliphatic rings. The Morgan fingerprint density at radius 3 is 2.70 bits per heavy atom. The quantitative estimate of drug-likeness (QED) is 0.781. The molecule has 0 bridgehead atoms. The van der Waals surface area contributed by atoms with Crippen LogP contribution in [0.4, 0.5) is 0 Å². The number of amides is 1. The molecule has 0 saturated heterocycles. The number of rotatable bonds is 5. The molecule has 0 aliphatic carbocycles. The van der Waals surface area contributed by atoms with Crippen molar-refractivity contribution in [1.82, 2.24) is 15.1 Å². The van der Waals surface area contributed by atoms with Crippen LogP contribution in [0.2, 0.25) is 0 Å². The smallest absolute Gasteiger partial charge is 0.276 e. The fourth-order valence-corrected chi connectivity index (χ4v) is 2.99. The zero-order chi connectivity index (χ0) is 16.2. The van der Waals surface area contributed by atoms with Crippen molar-refractivity contribution in [3.05, 3.63) is 64.6 Å². The first-order valence-electron chi connectivity index (χ1n) is 7.22. The maximum absolute atomic E-state index is 12.5. The summed E-state index contributed by atoms with van der Waals surface area (Å²) in [6, 6.07) is 13.5. The largest absolute Gasteiger partial charge is 0.493 e. The van der Waals surface area contributed by atoms with E-state index in [1.165, 1.54) is 7.11 Å². The molecule has 3 aromatic rings. The lowest BCUT2D eigenvalue weighted by atomic mass is 10.2. The molecule has 5 nitrogen and oxygen atoms in total. The first-order valence-corrected chi connectivity index (χ1v) is 8.10. The molecule has 0 spiro atoms. The predicted molar refractivity (Wildman–Crippen MR) is 90.3 cm³/mol. The van der Waals surface area contributed by atoms with Crippen LogP contribution in [-0.2, 0) is 0 Å². The number of ether oxygens (including phenoxy) is 1. The third-order valence-corrected chi connectivity index (χ3v) is 4.51. The Balaban J connectivity index is 1.84. The van der Waals surface area contributed by atoms with Gasteiger partial charge in [0.25, 0.3) is 5.91 Å². The number of aromatic nitrogens is 2. The van der Waals surface area contributed by atoms with Crippen molar-refractivity contribution in [3.8, 4) is 11.4 Å². The van der Waals surface area contributed by atoms with Crippen molar-refractivity contribution in [2.45, 2.75) is 13.0 Å². The molecule has 23 heavy (non-hydrogen) atoms. The molecule has 0 fully saturated rings. The number of hydrogen-bond donors (Lipinski definition) is 1. The van der Waals surface area contributed by atoms with Crippen LogP contribution in [-0.4, -0.2) is 22.8 Å². The second-order valence-electron chi connectivity index (χ2n) is 5.04. The van der Waals surface area contributed by atoms with Gasteiger partial charge < -0.3 is 10.1 Å². The van der Waals surface area contributed by atoms with Gasteiger partial charge in [-0.25, -0.2) is 4.68 Å². The minimum absolute atomic E-state index is 0.0749. The van der Waals surface area contributed by atoms with E-state index in [2.05, 4.69) is 10.4 Å². The van der Waals surface area contributed by atoms with E-state index in [0.717, 1.165) is 10.6 Å². The molecule has 118 valence electrons. The molecule has 1 aromatic carbocycles. The Morgan fingerprint density at radius 2 is 2.04 bits per heavy atom. The van der Waals surface area contributed by atoms with E-state index in [9.17, 15) is 4.79 Å². The van der Waals surface area contributed by atoms with Crippen LogP contribution in [0.15, 0.2) is 54.0 Å². The van der Waals surface area contributed by atoms with Gasteiger partial charge in [0.1, 0.15) is 0 Å². The average molecular weight is 327 g/mol. The molecule has 1 N–H and O–H groups in total. The summed E-state index contributed by atoms with van der Waals surface area (Å²) in [5, 5.41) is 9.31. The van der Waals surface area contributed by atoms with Crippen LogP contribution in [0.25, 0.3) is 5.69 Å². The Bertz CT molecular complexity index is 782. The summed E-state index contributed by atoms with van der Waals surface area (Å²) in [6.07, 6.45) is 1.71. The highest BCUT2D eigenvalue weighted by Crippen LogP contribution is 2.22. The van der Waals surface area contributed by atoms with Gasteiger partial charge in [0.15, 0.2) is 11.4 Å². The fourth-order valence-electron chi connectivity index (χ4n) is 2.25. The maximum Gasteiger partial charge on any atom is 0.276 e. The van der Waals surface area contributed by atoms with Crippen molar-refractivity contribution in [1.29, 1.82) is 0 Å². The number of thiophene rings is 1. The van der Waals surface area contributed by atoms with E-state index in [4.69, 9.17) is 4.74 Å². The third kappa shape index (κ3) is 3.27. The average Bonchev–Trinajstić information content (AvgIpc) is 3.25. The molecule has 0 radical (unpaired) electrons. The van der Waals surface area contributed by atoms with Crippen LogP contribution in [0, 0.1) is 0 Å². The molecule has 0 unspecified atom stereocenters. The number of benzene rings is 1. The van der Waals surface area contributed by atoms with E-state index < -0.39 is 0 Å². The van der Waals surface area contributed by atoms with Gasteiger partial charge in [-0.2, -0.15) is 5.10 Å². The molecular weight excluding hydrogens is 310 g/mol. The second-order valence-corrected chi connectivity index (χ2v) is 6.02. The number of carbonyl (C=O) groups excluding carboxylic acids is 1. The first kappa shape index (κ1) is 15.3. The van der Waals surface area contributed by atoms with Gasteiger partial charge in [-0.1, -0.05) is 24.3 Å². The zero-order valence-electron chi connectivity index (χ0n) is 12.9. The van der Waals surface area contributed by atoms with Gasteiger partial charge in [0.05, 0.1) is 25.0 Å². The number of hydrogen-bond acceptors (Lipinski definition) is 4. The van der Waals surface area contributed by atoms with E-state index in [1.807, 2.05) is 54.8 Å². The molecule has 6 heteroatoms. The highest BCUT2D eigenvalue weighted by Gasteiger charge is 2.20. The van der Waals surface area contributed by atoms with E-state index >= 15 is 0 Å². The molecule has 2 aromatic heterocycles. The van der Waals surface area contributed by atoms with Crippen LogP contribution >= 0.6 is 11.3 Å². The van der Waals surface area contributed by atoms with E-state index in [0.29, 0.717) is 5.75 Å². The lowest BCUT2D eigenvalue weighted by Gasteiger charge is -2.11. The summed E-state index contributed by atoms with van der Waals surface area (Å²) in [4.78, 5) is 13.6. The highest BCUT2D eigenvalue weighted by molar-refractivity contribution is 7.10. The number of carbonyl (C=O) groups is 1. The Kier molecular flexibility index (Phi) is 4.43. The van der Waals surface area contributed by atoms with Crippen molar-refractivity contribution in [2.24, 2.45) is 0 Å². The molecule has 1 amide bonds. The summed E-state index contributed by atoms with van der Waals surface area (Å²) < 4.78 is 6.94. The van der Waals surface area contributed by atoms with Crippen molar-refractivity contribution in [3.63, 3.8) is 0 Å². The SMILES string of the molecule is COc1cn(-c2ccccc2)nc1C(=O)N[C@@H](C)c1cccs1. The van der Waals surface area contributed by atoms with Gasteiger partial charge in [-0.3, -0.25) is 4.79 Å². The maximum atomic E-state index is 12.5. The van der Waals surface area contributed by atoms with Gasteiger partial charge in [-0.15, -0.1) is 11.3 Å². The summed E-state index contributed by atoms with van der Waals surface area (Å²) in [5.41, 5.74) is 1.15. The second kappa shape index (κ2) is 6.66. The lowest BCUT2D eigenvalue weighted by molar-refractivity contribution is 0.0932. The summed E-state index contributed by atoms with van der Waals surface area (Å²) in [7, 11) is 1.53. The topological polar surface area (TPSA) is 56.2 Å². The van der Waals surface area contributed by atoms with E-state index in [-0.39, 0.29) is 17.6 Å². The summed E-state index contributed by atoms with van der Waals surface area (Å²) >= 11 is 1.61. The minimum Gasteiger partial charge on any atom is -0.493 e. The standard InChI is InChI=1S/C17H17N3O2S/c1-12(15-9-6-10-23-15)18-17(21)16-14(22-2)11-20(19-16)13-7-4-3-5-8-13/h3-12H,1-2H3,(H,18,21)/t12-/m0/s1. The van der Waals surface area contributed by atoms with Crippen molar-refractivity contribution < 1.29 is 9.53 Å². The van der Waals surface area contributed by atoms with Gasteiger partial charge in [-0.05, 0) is 30.5 Å². The predicted octanol–water partition coefficient (Wildman–Crippen LogP) is 3.43. The highest BCUT2D eigenvalue weighted by atomic mass is 32.1. The Morgan fingerprint density at radius 1 is 1.26 bits per heavy atom. The first-order chi connectivity index (χ1) is 11.2. The van der Waals surface area contributed by atoms with Gasteiger partial charge >= 0.3 is 0 Å². The summed E-state index contributed by atoms with van der Waals surface area (Å²) in [6.45, 7) is 1.95. The van der Waals surface area contributed by atoms with Gasteiger partial charge in [0.2, 0.25) is 0 Å². The van der Waals surface area contributed by atoms with Crippen molar-refractivity contribution in [2.75, 3.05) is 7.11 Å². The lowest BCUT2D eigenvalue weighted by Crippen LogP contribution is -2.27. The molecule has 0 saturated carbocycles. The fraction of sp³-hybridized carbons (Fsp3) is 0.176. The van der Waals surface area contributed by atoms with Crippen molar-refractivity contribution >= 4 is 17.2 Å². The molecule has 2 heterocycles. The normalized spacial score (nSPS) is 11.9. The zero-order valence-corrected chi connectivity index (χ0v) is 13.7. The number of nitrogens with one attached hydrogen (secondary N) is 1. The molecule has 3 rings (SSSR count). The minimum atomic E-state index is -0.252. The van der Waals surface area contributed by atoms with Crippen LogP contribution < -0.4 is 10.1 Å². The third-order valence-electron chi connectivity index (χ3n) is 3.45. The Labute approximate surface area is 138 Å². The number of nitrogens with zero attached hydrogens (tertiary/aromatic N) is 2. The van der Waals surface area contributed by atoms with Crippen LogP contribution in [0.1, 0.15) is 28.3 Å². The number of methoxy groups -OCH3 is 1. The van der Waals surface area contributed by atoms with E-state index in [1.54, 1.807) is 22.2 Å². The molecular formula is C17H17N3O2S. The summed E-state index contributed by atoms with van der Waals surface area (Å²) in [5.74, 6) is 0.196. The van der Waals surface area contributed by atoms with Crippen LogP contribution in [0.3, 0.4) is 0 Å². The van der Waals surface area contributed by atoms with Crippen LogP contribution in [0.5, 0.6) is 5.75 Å². The van der Waals surface area contributed by atoms with Gasteiger partial charge in [0, 0.05) is 4.88 Å².